The van der Waals surface area contributed by atoms with Crippen LogP contribution in [-0.2, 0) is 13.2 Å². The van der Waals surface area contributed by atoms with Crippen LogP contribution in [0.15, 0.2) is 36.4 Å². The molecule has 0 aliphatic rings. The molecule has 0 fully saturated rings. The van der Waals surface area contributed by atoms with E-state index in [1.54, 1.807) is 6.07 Å². The molecule has 0 bridgehead atoms. The van der Waals surface area contributed by atoms with Crippen molar-refractivity contribution in [1.82, 2.24) is 0 Å². The van der Waals surface area contributed by atoms with E-state index in [0.717, 1.165) is 16.7 Å². The molecule has 4 heteroatoms. The number of aryl methyl sites for hydroxylation is 1. The third-order valence-corrected chi connectivity index (χ3v) is 3.03. The summed E-state index contributed by atoms with van der Waals surface area (Å²) < 4.78 is 18.9. The van der Waals surface area contributed by atoms with E-state index >= 15 is 0 Å². The van der Waals surface area contributed by atoms with Gasteiger partial charge in [0.15, 0.2) is 0 Å². The van der Waals surface area contributed by atoms with Crippen LogP contribution in [0.1, 0.15) is 16.7 Å². The summed E-state index contributed by atoms with van der Waals surface area (Å²) in [4.78, 5) is 0. The lowest BCUT2D eigenvalue weighted by atomic mass is 10.1. The van der Waals surface area contributed by atoms with Crippen LogP contribution in [0.3, 0.4) is 0 Å². The third-order valence-electron chi connectivity index (χ3n) is 2.73. The van der Waals surface area contributed by atoms with Crippen molar-refractivity contribution in [3.05, 3.63) is 63.9 Å². The zero-order chi connectivity index (χ0) is 13.8. The average molecular weight is 280 g/mol. The van der Waals surface area contributed by atoms with Gasteiger partial charge >= 0.3 is 0 Å². The summed E-state index contributed by atoms with van der Waals surface area (Å²) >= 11 is 6.07. The van der Waals surface area contributed by atoms with Crippen LogP contribution in [0.25, 0.3) is 0 Å². The summed E-state index contributed by atoms with van der Waals surface area (Å²) in [5.74, 6) is 0.280. The highest BCUT2D eigenvalue weighted by molar-refractivity contribution is 6.32. The van der Waals surface area contributed by atoms with Crippen molar-refractivity contribution < 1.29 is 9.13 Å². The van der Waals surface area contributed by atoms with E-state index in [9.17, 15) is 4.39 Å². The van der Waals surface area contributed by atoms with Crippen molar-refractivity contribution in [3.63, 3.8) is 0 Å². The molecule has 2 nitrogen and oxygen atoms in total. The Morgan fingerprint density at radius 1 is 1.16 bits per heavy atom. The van der Waals surface area contributed by atoms with Gasteiger partial charge < -0.3 is 10.5 Å². The van der Waals surface area contributed by atoms with Crippen LogP contribution in [0.2, 0.25) is 5.02 Å². The quantitative estimate of drug-likeness (QED) is 0.923. The van der Waals surface area contributed by atoms with E-state index in [2.05, 4.69) is 0 Å². The van der Waals surface area contributed by atoms with Crippen LogP contribution >= 0.6 is 11.6 Å². The van der Waals surface area contributed by atoms with Crippen molar-refractivity contribution in [2.24, 2.45) is 5.73 Å². The fourth-order valence-electron chi connectivity index (χ4n) is 1.80. The second-order valence-corrected chi connectivity index (χ2v) is 4.80. The first-order valence-electron chi connectivity index (χ1n) is 5.96. The first-order chi connectivity index (χ1) is 9.08. The summed E-state index contributed by atoms with van der Waals surface area (Å²) in [5.41, 5.74) is 8.05. The molecule has 2 aromatic carbocycles. The fraction of sp³-hybridized carbons (Fsp3) is 0.200. The average Bonchev–Trinajstić information content (AvgIpc) is 2.37. The molecule has 0 spiro atoms. The second-order valence-electron chi connectivity index (χ2n) is 4.39. The molecule has 0 amide bonds. The molecule has 2 N–H and O–H groups in total. The molecule has 0 saturated heterocycles. The summed E-state index contributed by atoms with van der Waals surface area (Å²) in [5, 5.41) is 0.551. The van der Waals surface area contributed by atoms with Gasteiger partial charge in [0.1, 0.15) is 18.2 Å². The molecule has 0 heterocycles. The fourth-order valence-corrected chi connectivity index (χ4v) is 2.09. The Hall–Kier alpha value is -1.58. The summed E-state index contributed by atoms with van der Waals surface area (Å²) in [6.07, 6.45) is 0. The smallest absolute Gasteiger partial charge is 0.138 e. The minimum absolute atomic E-state index is 0.257. The summed E-state index contributed by atoms with van der Waals surface area (Å²) in [7, 11) is 0. The Morgan fingerprint density at radius 3 is 2.58 bits per heavy atom. The van der Waals surface area contributed by atoms with E-state index in [1.807, 2.05) is 25.1 Å². The number of halogens is 2. The second kappa shape index (κ2) is 6.04. The predicted molar refractivity (Wildman–Crippen MR) is 74.8 cm³/mol. The van der Waals surface area contributed by atoms with Crippen molar-refractivity contribution in [3.8, 4) is 5.75 Å². The van der Waals surface area contributed by atoms with Gasteiger partial charge in [-0.05, 0) is 47.9 Å². The zero-order valence-corrected chi connectivity index (χ0v) is 11.4. The number of benzene rings is 2. The largest absolute Gasteiger partial charge is 0.487 e. The molecule has 0 unspecified atom stereocenters. The number of rotatable bonds is 4. The Morgan fingerprint density at radius 2 is 1.89 bits per heavy atom. The highest BCUT2D eigenvalue weighted by Gasteiger charge is 2.04. The molecule has 0 aromatic heterocycles. The Balaban J connectivity index is 2.12. The van der Waals surface area contributed by atoms with Crippen LogP contribution in [-0.4, -0.2) is 0 Å². The maximum absolute atomic E-state index is 13.3. The zero-order valence-electron chi connectivity index (χ0n) is 10.6. The Bertz CT molecular complexity index is 586. The first-order valence-corrected chi connectivity index (χ1v) is 6.33. The van der Waals surface area contributed by atoms with Gasteiger partial charge in [-0.15, -0.1) is 0 Å². The van der Waals surface area contributed by atoms with Crippen molar-refractivity contribution in [2.45, 2.75) is 20.1 Å². The Kier molecular flexibility index (Phi) is 4.40. The van der Waals surface area contributed by atoms with Gasteiger partial charge in [0.25, 0.3) is 0 Å². The minimum atomic E-state index is -0.309. The molecule has 2 rings (SSSR count). The number of nitrogens with two attached hydrogens (primary N) is 1. The van der Waals surface area contributed by atoms with E-state index in [1.165, 1.54) is 12.1 Å². The highest BCUT2D eigenvalue weighted by atomic mass is 35.5. The molecule has 0 aliphatic heterocycles. The normalized spacial score (nSPS) is 10.5. The SMILES string of the molecule is Cc1ccc(OCc2cc(F)cc(CN)c2)c(Cl)c1. The van der Waals surface area contributed by atoms with Crippen LogP contribution < -0.4 is 10.5 Å². The van der Waals surface area contributed by atoms with E-state index in [-0.39, 0.29) is 12.4 Å². The maximum Gasteiger partial charge on any atom is 0.138 e. The lowest BCUT2D eigenvalue weighted by Crippen LogP contribution is -2.01. The monoisotopic (exact) mass is 279 g/mol. The molecule has 0 atom stereocenters. The Labute approximate surface area is 117 Å². The maximum atomic E-state index is 13.3. The molecule has 0 radical (unpaired) electrons. The number of ether oxygens (including phenoxy) is 1. The molecule has 19 heavy (non-hydrogen) atoms. The van der Waals surface area contributed by atoms with Crippen molar-refractivity contribution >= 4 is 11.6 Å². The van der Waals surface area contributed by atoms with Gasteiger partial charge in [-0.2, -0.15) is 0 Å². The van der Waals surface area contributed by atoms with Crippen LogP contribution in [0, 0.1) is 12.7 Å². The van der Waals surface area contributed by atoms with E-state index in [0.29, 0.717) is 17.3 Å². The lowest BCUT2D eigenvalue weighted by Gasteiger charge is -2.10. The van der Waals surface area contributed by atoms with Gasteiger partial charge in [-0.25, -0.2) is 4.39 Å². The molecule has 2 aromatic rings. The summed E-state index contributed by atoms with van der Waals surface area (Å²) in [6.45, 7) is 2.51. The topological polar surface area (TPSA) is 35.2 Å². The third kappa shape index (κ3) is 3.69. The molecular weight excluding hydrogens is 265 g/mol. The van der Waals surface area contributed by atoms with E-state index in [4.69, 9.17) is 22.1 Å². The van der Waals surface area contributed by atoms with Gasteiger partial charge in [0.05, 0.1) is 5.02 Å². The summed E-state index contributed by atoms with van der Waals surface area (Å²) in [6, 6.07) is 10.2. The molecule has 0 aliphatic carbocycles. The molecule has 100 valence electrons. The van der Waals surface area contributed by atoms with Crippen molar-refractivity contribution in [2.75, 3.05) is 0 Å². The number of hydrogen-bond donors (Lipinski definition) is 1. The van der Waals surface area contributed by atoms with Gasteiger partial charge in [-0.1, -0.05) is 23.7 Å². The first kappa shape index (κ1) is 13.8. The standard InChI is InChI=1S/C15H15ClFNO/c1-10-2-3-15(14(16)4-10)19-9-12-5-11(8-18)6-13(17)7-12/h2-7H,8-9,18H2,1H3. The van der Waals surface area contributed by atoms with Crippen LogP contribution in [0.4, 0.5) is 4.39 Å². The molecular formula is C15H15ClFNO. The predicted octanol–water partition coefficient (Wildman–Crippen LogP) is 3.83. The molecule has 0 saturated carbocycles. The van der Waals surface area contributed by atoms with Crippen LogP contribution in [0.5, 0.6) is 5.75 Å². The van der Waals surface area contributed by atoms with Gasteiger partial charge in [0, 0.05) is 6.54 Å². The van der Waals surface area contributed by atoms with Gasteiger partial charge in [0.2, 0.25) is 0 Å². The van der Waals surface area contributed by atoms with Gasteiger partial charge in [-0.3, -0.25) is 0 Å². The van der Waals surface area contributed by atoms with E-state index < -0.39 is 0 Å². The number of hydrogen-bond acceptors (Lipinski definition) is 2. The highest BCUT2D eigenvalue weighted by Crippen LogP contribution is 2.26. The van der Waals surface area contributed by atoms with Crippen molar-refractivity contribution in [1.29, 1.82) is 0 Å². The lowest BCUT2D eigenvalue weighted by molar-refractivity contribution is 0.305. The minimum Gasteiger partial charge on any atom is -0.487 e.